The molecule has 11 heavy (non-hydrogen) atoms. The Bertz CT molecular complexity index is 148. The standard InChI is InChI=1S/C10H22P/c1-7-11(6,8-2)10(5)9(3)4/h7-8H2,1-6H3/q+1. The third-order valence-corrected chi connectivity index (χ3v) is 7.79. The van der Waals surface area contributed by atoms with Crippen molar-refractivity contribution in [1.82, 2.24) is 0 Å². The summed E-state index contributed by atoms with van der Waals surface area (Å²) in [6.07, 6.45) is 2.72. The smallest absolute Gasteiger partial charge is 0.0404 e. The molecule has 0 aliphatic heterocycles. The molecular formula is C10H22P+. The molecule has 0 heterocycles. The zero-order valence-electron chi connectivity index (χ0n) is 8.86. The van der Waals surface area contributed by atoms with Crippen molar-refractivity contribution >= 4 is 7.26 Å². The van der Waals surface area contributed by atoms with E-state index in [0.717, 1.165) is 0 Å². The fourth-order valence-corrected chi connectivity index (χ4v) is 3.71. The Kier molecular flexibility index (Phi) is 4.32. The molecule has 0 aromatic heterocycles. The minimum Gasteiger partial charge on any atom is -0.0404 e. The topological polar surface area (TPSA) is 0 Å². The van der Waals surface area contributed by atoms with Crippen molar-refractivity contribution in [1.29, 1.82) is 0 Å². The Hall–Kier alpha value is 0.170. The van der Waals surface area contributed by atoms with E-state index in [0.29, 0.717) is 0 Å². The highest BCUT2D eigenvalue weighted by atomic mass is 31.2. The maximum absolute atomic E-state index is 2.47. The van der Waals surface area contributed by atoms with Gasteiger partial charge in [0.25, 0.3) is 0 Å². The van der Waals surface area contributed by atoms with Crippen LogP contribution in [0.4, 0.5) is 0 Å². The molecule has 1 heteroatoms. The van der Waals surface area contributed by atoms with Crippen molar-refractivity contribution in [3.05, 3.63) is 10.9 Å². The number of allylic oxidation sites excluding steroid dienone is 2. The fraction of sp³-hybridized carbons (Fsp3) is 0.800. The van der Waals surface area contributed by atoms with E-state index in [9.17, 15) is 0 Å². The molecule has 0 saturated heterocycles. The summed E-state index contributed by atoms with van der Waals surface area (Å²) in [6, 6.07) is 0. The van der Waals surface area contributed by atoms with E-state index in [1.807, 2.05) is 0 Å². The van der Waals surface area contributed by atoms with Gasteiger partial charge in [0, 0.05) is 7.26 Å². The van der Waals surface area contributed by atoms with Gasteiger partial charge in [-0.05, 0) is 40.2 Å². The van der Waals surface area contributed by atoms with Crippen LogP contribution in [0.15, 0.2) is 10.9 Å². The largest absolute Gasteiger partial charge is 0.0668 e. The van der Waals surface area contributed by atoms with Crippen LogP contribution in [0.1, 0.15) is 34.6 Å². The van der Waals surface area contributed by atoms with Gasteiger partial charge in [-0.1, -0.05) is 0 Å². The first-order chi connectivity index (χ1) is 4.98. The van der Waals surface area contributed by atoms with Crippen molar-refractivity contribution < 1.29 is 0 Å². The third-order valence-electron chi connectivity index (χ3n) is 2.93. The van der Waals surface area contributed by atoms with Gasteiger partial charge in [-0.25, -0.2) is 0 Å². The van der Waals surface area contributed by atoms with E-state index >= 15 is 0 Å². The Morgan fingerprint density at radius 2 is 1.36 bits per heavy atom. The van der Waals surface area contributed by atoms with Crippen LogP contribution in [0.25, 0.3) is 0 Å². The monoisotopic (exact) mass is 173 g/mol. The molecule has 0 bridgehead atoms. The zero-order valence-corrected chi connectivity index (χ0v) is 9.76. The molecule has 0 spiro atoms. The van der Waals surface area contributed by atoms with Crippen LogP contribution in [0.3, 0.4) is 0 Å². The Balaban J connectivity index is 4.64. The van der Waals surface area contributed by atoms with Gasteiger partial charge in [-0.2, -0.15) is 0 Å². The van der Waals surface area contributed by atoms with E-state index in [2.05, 4.69) is 41.3 Å². The van der Waals surface area contributed by atoms with Crippen molar-refractivity contribution in [2.75, 3.05) is 19.0 Å². The summed E-state index contributed by atoms with van der Waals surface area (Å²) < 4.78 is 0. The molecule has 0 N–H and O–H groups in total. The van der Waals surface area contributed by atoms with Gasteiger partial charge in [0.05, 0.1) is 24.3 Å². The van der Waals surface area contributed by atoms with Gasteiger partial charge in [-0.15, -0.1) is 0 Å². The van der Waals surface area contributed by atoms with Gasteiger partial charge in [-0.3, -0.25) is 0 Å². The highest BCUT2D eigenvalue weighted by molar-refractivity contribution is 7.79. The summed E-state index contributed by atoms with van der Waals surface area (Å²) >= 11 is 0. The molecule has 0 fully saturated rings. The summed E-state index contributed by atoms with van der Waals surface area (Å²) in [4.78, 5) is 0. The molecular weight excluding hydrogens is 151 g/mol. The van der Waals surface area contributed by atoms with Gasteiger partial charge in [0.1, 0.15) is 0 Å². The summed E-state index contributed by atoms with van der Waals surface area (Å²) in [7, 11) is -0.699. The normalized spacial score (nSPS) is 11.5. The van der Waals surface area contributed by atoms with E-state index in [1.165, 1.54) is 17.9 Å². The van der Waals surface area contributed by atoms with Crippen LogP contribution < -0.4 is 0 Å². The second-order valence-corrected chi connectivity index (χ2v) is 8.34. The minimum absolute atomic E-state index is 0.699. The number of hydrogen-bond donors (Lipinski definition) is 0. The molecule has 0 atom stereocenters. The van der Waals surface area contributed by atoms with Crippen molar-refractivity contribution in [3.8, 4) is 0 Å². The van der Waals surface area contributed by atoms with Crippen LogP contribution in [0.5, 0.6) is 0 Å². The SMILES string of the molecule is CC[P+](C)(CC)C(C)=C(C)C. The fourth-order valence-electron chi connectivity index (χ4n) is 1.24. The van der Waals surface area contributed by atoms with Gasteiger partial charge in [0.15, 0.2) is 0 Å². The summed E-state index contributed by atoms with van der Waals surface area (Å²) in [5, 5.41) is 1.68. The highest BCUT2D eigenvalue weighted by Gasteiger charge is 2.29. The molecule has 66 valence electrons. The first kappa shape index (κ1) is 11.2. The number of rotatable bonds is 3. The predicted octanol–water partition coefficient (Wildman–Crippen LogP) is 3.99. The first-order valence-electron chi connectivity index (χ1n) is 4.47. The van der Waals surface area contributed by atoms with Crippen LogP contribution in [-0.2, 0) is 0 Å². The molecule has 0 aromatic rings. The lowest BCUT2D eigenvalue weighted by Crippen LogP contribution is -1.99. The summed E-state index contributed by atoms with van der Waals surface area (Å²) in [6.45, 7) is 13.9. The predicted molar refractivity (Wildman–Crippen MR) is 58.0 cm³/mol. The molecule has 0 aromatic carbocycles. The molecule has 0 radical (unpaired) electrons. The minimum atomic E-state index is -0.699. The first-order valence-corrected chi connectivity index (χ1v) is 7.07. The highest BCUT2D eigenvalue weighted by Crippen LogP contribution is 2.62. The summed E-state index contributed by atoms with van der Waals surface area (Å²) in [5.74, 6) is 0. The molecule has 0 amide bonds. The average molecular weight is 173 g/mol. The molecule has 0 nitrogen and oxygen atoms in total. The lowest BCUT2D eigenvalue weighted by atomic mass is 10.3. The molecule has 0 unspecified atom stereocenters. The lowest BCUT2D eigenvalue weighted by molar-refractivity contribution is 1.29. The maximum atomic E-state index is 2.47. The van der Waals surface area contributed by atoms with Gasteiger partial charge >= 0.3 is 0 Å². The van der Waals surface area contributed by atoms with E-state index in [-0.39, 0.29) is 0 Å². The maximum Gasteiger partial charge on any atom is 0.0668 e. The van der Waals surface area contributed by atoms with Crippen molar-refractivity contribution in [2.24, 2.45) is 0 Å². The Labute approximate surface area is 72.4 Å². The van der Waals surface area contributed by atoms with Crippen LogP contribution in [-0.4, -0.2) is 19.0 Å². The van der Waals surface area contributed by atoms with Crippen molar-refractivity contribution in [2.45, 2.75) is 34.6 Å². The molecule has 0 rings (SSSR count). The Morgan fingerprint density at radius 1 is 1.00 bits per heavy atom. The third kappa shape index (κ3) is 2.60. The zero-order chi connectivity index (χ0) is 9.07. The average Bonchev–Trinajstić information content (AvgIpc) is 2.01. The molecule has 0 aliphatic rings. The summed E-state index contributed by atoms with van der Waals surface area (Å²) in [5.41, 5.74) is 1.53. The second kappa shape index (κ2) is 4.26. The molecule has 0 saturated carbocycles. The van der Waals surface area contributed by atoms with Gasteiger partial charge in [0.2, 0.25) is 0 Å². The number of hydrogen-bond acceptors (Lipinski definition) is 0. The van der Waals surface area contributed by atoms with Crippen LogP contribution in [0, 0.1) is 0 Å². The second-order valence-electron chi connectivity index (χ2n) is 3.61. The quantitative estimate of drug-likeness (QED) is 0.566. The molecule has 0 aliphatic carbocycles. The van der Waals surface area contributed by atoms with E-state index in [1.54, 1.807) is 5.31 Å². The van der Waals surface area contributed by atoms with Crippen LogP contribution in [0.2, 0.25) is 0 Å². The Morgan fingerprint density at radius 3 is 1.45 bits per heavy atom. The lowest BCUT2D eigenvalue weighted by Gasteiger charge is -2.21. The van der Waals surface area contributed by atoms with E-state index in [4.69, 9.17) is 0 Å². The van der Waals surface area contributed by atoms with Crippen molar-refractivity contribution in [3.63, 3.8) is 0 Å². The van der Waals surface area contributed by atoms with Gasteiger partial charge < -0.3 is 0 Å². The van der Waals surface area contributed by atoms with E-state index < -0.39 is 7.26 Å². The van der Waals surface area contributed by atoms with Crippen LogP contribution >= 0.6 is 7.26 Å².